The molecule has 1 amide bonds. The van der Waals surface area contributed by atoms with Gasteiger partial charge in [-0.1, -0.05) is 18.1 Å². The zero-order valence-electron chi connectivity index (χ0n) is 13.6. The fourth-order valence-electron chi connectivity index (χ4n) is 2.67. The van der Waals surface area contributed by atoms with E-state index in [4.69, 9.17) is 14.0 Å². The molecule has 0 aliphatic carbocycles. The second kappa shape index (κ2) is 7.92. The molecule has 1 fully saturated rings. The van der Waals surface area contributed by atoms with Crippen LogP contribution in [0.15, 0.2) is 35.1 Å². The van der Waals surface area contributed by atoms with E-state index in [2.05, 4.69) is 15.5 Å². The highest BCUT2D eigenvalue weighted by Gasteiger charge is 2.30. The normalized spacial score (nSPS) is 20.5. The van der Waals surface area contributed by atoms with Gasteiger partial charge < -0.3 is 19.3 Å². The Morgan fingerprint density at radius 1 is 1.46 bits per heavy atom. The lowest BCUT2D eigenvalue weighted by Gasteiger charge is -2.31. The predicted molar refractivity (Wildman–Crippen MR) is 85.8 cm³/mol. The molecule has 2 atom stereocenters. The summed E-state index contributed by atoms with van der Waals surface area (Å²) in [5.41, 5.74) is 0.471. The van der Waals surface area contributed by atoms with Gasteiger partial charge in [-0.05, 0) is 12.5 Å². The van der Waals surface area contributed by atoms with Crippen molar-refractivity contribution in [1.29, 1.82) is 0 Å². The summed E-state index contributed by atoms with van der Waals surface area (Å²) in [6.45, 7) is 3.02. The van der Waals surface area contributed by atoms with Crippen LogP contribution in [0.2, 0.25) is 0 Å². The first-order chi connectivity index (χ1) is 11.8. The van der Waals surface area contributed by atoms with Gasteiger partial charge in [-0.3, -0.25) is 4.79 Å². The van der Waals surface area contributed by atoms with E-state index in [1.807, 2.05) is 19.1 Å². The van der Waals surface area contributed by atoms with Gasteiger partial charge in [-0.2, -0.15) is 0 Å². The maximum Gasteiger partial charge on any atom is 0.256 e. The summed E-state index contributed by atoms with van der Waals surface area (Å²) in [7, 11) is 0. The van der Waals surface area contributed by atoms with Gasteiger partial charge >= 0.3 is 0 Å². The van der Waals surface area contributed by atoms with Crippen molar-refractivity contribution >= 4 is 5.91 Å². The molecule has 1 saturated heterocycles. The van der Waals surface area contributed by atoms with Gasteiger partial charge in [0.05, 0.1) is 25.5 Å². The van der Waals surface area contributed by atoms with Gasteiger partial charge in [0.2, 0.25) is 5.88 Å². The number of aromatic nitrogens is 2. The molecule has 2 aromatic rings. The number of pyridine rings is 1. The average molecular weight is 331 g/mol. The number of carbonyl (C=O) groups excluding carboxylic acids is 1. The molecule has 24 heavy (non-hydrogen) atoms. The number of hydrogen-bond acceptors (Lipinski definition) is 6. The van der Waals surface area contributed by atoms with Crippen molar-refractivity contribution < 1.29 is 18.8 Å². The summed E-state index contributed by atoms with van der Waals surface area (Å²) in [5.74, 6) is 0.930. The van der Waals surface area contributed by atoms with E-state index in [1.165, 1.54) is 6.20 Å². The monoisotopic (exact) mass is 331 g/mol. The Balaban J connectivity index is 1.67. The van der Waals surface area contributed by atoms with Crippen molar-refractivity contribution in [2.45, 2.75) is 38.3 Å². The molecule has 2 aromatic heterocycles. The van der Waals surface area contributed by atoms with E-state index in [1.54, 1.807) is 12.3 Å². The molecule has 0 spiro atoms. The number of ether oxygens (including phenoxy) is 2. The molecule has 0 radical (unpaired) electrons. The van der Waals surface area contributed by atoms with Crippen molar-refractivity contribution in [3.8, 4) is 5.88 Å². The topological polar surface area (TPSA) is 86.5 Å². The molecule has 7 nitrogen and oxygen atoms in total. The number of amides is 1. The van der Waals surface area contributed by atoms with Crippen LogP contribution in [0.1, 0.15) is 35.9 Å². The first-order valence-electron chi connectivity index (χ1n) is 8.17. The Morgan fingerprint density at radius 2 is 2.38 bits per heavy atom. The standard InChI is InChI=1S/C17H21N3O4/c1-2-5-14-12(10-19-24-14)17(21)20-13-11-22-9-7-15(13)23-16-6-3-4-8-18-16/h3-4,6,8,10,13,15H,2,5,7,9,11H2,1H3,(H,20,21)/t13-,15-/m1/s1. The Labute approximate surface area is 140 Å². The minimum atomic E-state index is -0.252. The van der Waals surface area contributed by atoms with Crippen molar-refractivity contribution in [1.82, 2.24) is 15.5 Å². The lowest BCUT2D eigenvalue weighted by atomic mass is 10.1. The van der Waals surface area contributed by atoms with E-state index >= 15 is 0 Å². The van der Waals surface area contributed by atoms with Crippen LogP contribution < -0.4 is 10.1 Å². The van der Waals surface area contributed by atoms with Crippen LogP contribution in [0, 0.1) is 0 Å². The van der Waals surface area contributed by atoms with Crippen molar-refractivity contribution in [2.24, 2.45) is 0 Å². The van der Waals surface area contributed by atoms with Crippen LogP contribution in [-0.2, 0) is 11.2 Å². The third kappa shape index (κ3) is 3.91. The van der Waals surface area contributed by atoms with Crippen molar-refractivity contribution in [3.05, 3.63) is 41.9 Å². The first-order valence-corrected chi connectivity index (χ1v) is 8.17. The minimum absolute atomic E-state index is 0.188. The average Bonchev–Trinajstić information content (AvgIpc) is 3.06. The summed E-state index contributed by atoms with van der Waals surface area (Å²) in [5, 5.41) is 6.71. The number of carbonyl (C=O) groups is 1. The third-order valence-corrected chi connectivity index (χ3v) is 3.89. The lowest BCUT2D eigenvalue weighted by Crippen LogP contribution is -2.52. The summed E-state index contributed by atoms with van der Waals surface area (Å²) in [6, 6.07) is 5.24. The molecular formula is C17H21N3O4. The van der Waals surface area contributed by atoms with Crippen molar-refractivity contribution in [3.63, 3.8) is 0 Å². The quantitative estimate of drug-likeness (QED) is 0.871. The lowest BCUT2D eigenvalue weighted by molar-refractivity contribution is -0.00451. The molecule has 128 valence electrons. The van der Waals surface area contributed by atoms with E-state index < -0.39 is 0 Å². The SMILES string of the molecule is CCCc1oncc1C(=O)N[C@@H]1COCC[C@H]1Oc1ccccn1. The van der Waals surface area contributed by atoms with Crippen LogP contribution in [0.3, 0.4) is 0 Å². The molecule has 0 aromatic carbocycles. The van der Waals surface area contributed by atoms with Crippen LogP contribution >= 0.6 is 0 Å². The highest BCUT2D eigenvalue weighted by molar-refractivity contribution is 5.95. The highest BCUT2D eigenvalue weighted by Crippen LogP contribution is 2.17. The number of nitrogens with zero attached hydrogens (tertiary/aromatic N) is 2. The van der Waals surface area contributed by atoms with E-state index in [0.717, 1.165) is 6.42 Å². The van der Waals surface area contributed by atoms with Crippen LogP contribution in [-0.4, -0.2) is 41.4 Å². The summed E-state index contributed by atoms with van der Waals surface area (Å²) in [4.78, 5) is 16.7. The molecular weight excluding hydrogens is 310 g/mol. The van der Waals surface area contributed by atoms with E-state index in [-0.39, 0.29) is 18.1 Å². The van der Waals surface area contributed by atoms with Crippen LogP contribution in [0.4, 0.5) is 0 Å². The van der Waals surface area contributed by atoms with E-state index in [0.29, 0.717) is 43.3 Å². The molecule has 3 heterocycles. The van der Waals surface area contributed by atoms with Gasteiger partial charge in [-0.15, -0.1) is 0 Å². The zero-order chi connectivity index (χ0) is 16.8. The van der Waals surface area contributed by atoms with Gasteiger partial charge in [0.25, 0.3) is 5.91 Å². The Kier molecular flexibility index (Phi) is 5.43. The predicted octanol–water partition coefficient (Wildman–Crippen LogP) is 1.99. The summed E-state index contributed by atoms with van der Waals surface area (Å²) in [6.07, 6.45) is 5.19. The largest absolute Gasteiger partial charge is 0.472 e. The summed E-state index contributed by atoms with van der Waals surface area (Å²) < 4.78 is 16.6. The number of rotatable bonds is 6. The molecule has 1 N–H and O–H groups in total. The molecule has 7 heteroatoms. The number of nitrogens with one attached hydrogen (secondary N) is 1. The second-order valence-electron chi connectivity index (χ2n) is 5.68. The van der Waals surface area contributed by atoms with Crippen molar-refractivity contribution in [2.75, 3.05) is 13.2 Å². The molecule has 1 aliphatic heterocycles. The fourth-order valence-corrected chi connectivity index (χ4v) is 2.67. The van der Waals surface area contributed by atoms with Gasteiger partial charge in [-0.25, -0.2) is 4.98 Å². The maximum atomic E-state index is 12.5. The highest BCUT2D eigenvalue weighted by atomic mass is 16.5. The number of aryl methyl sites for hydroxylation is 1. The Bertz CT molecular complexity index is 659. The Morgan fingerprint density at radius 3 is 3.17 bits per heavy atom. The molecule has 0 unspecified atom stereocenters. The fraction of sp³-hybridized carbons (Fsp3) is 0.471. The first kappa shape index (κ1) is 16.4. The minimum Gasteiger partial charge on any atom is -0.472 e. The number of hydrogen-bond donors (Lipinski definition) is 1. The molecule has 0 saturated carbocycles. The smallest absolute Gasteiger partial charge is 0.256 e. The van der Waals surface area contributed by atoms with Gasteiger partial charge in [0.1, 0.15) is 17.4 Å². The van der Waals surface area contributed by atoms with Crippen LogP contribution in [0.5, 0.6) is 5.88 Å². The van der Waals surface area contributed by atoms with Gasteiger partial charge in [0.15, 0.2) is 0 Å². The Hall–Kier alpha value is -2.41. The summed E-state index contributed by atoms with van der Waals surface area (Å²) >= 11 is 0. The second-order valence-corrected chi connectivity index (χ2v) is 5.68. The molecule has 0 bridgehead atoms. The molecule has 1 aliphatic rings. The van der Waals surface area contributed by atoms with E-state index in [9.17, 15) is 4.79 Å². The maximum absolute atomic E-state index is 12.5. The zero-order valence-corrected chi connectivity index (χ0v) is 13.6. The molecule has 3 rings (SSSR count). The van der Waals surface area contributed by atoms with Crippen LogP contribution in [0.25, 0.3) is 0 Å². The van der Waals surface area contributed by atoms with Gasteiger partial charge in [0, 0.05) is 25.1 Å². The third-order valence-electron chi connectivity index (χ3n) is 3.89.